The summed E-state index contributed by atoms with van der Waals surface area (Å²) in [5, 5.41) is 14.9. The second-order valence-corrected chi connectivity index (χ2v) is 7.70. The summed E-state index contributed by atoms with van der Waals surface area (Å²) in [7, 11) is 3.25. The highest BCUT2D eigenvalue weighted by Crippen LogP contribution is 2.28. The Hall–Kier alpha value is -4.24. The minimum absolute atomic E-state index is 0.565. The molecule has 4 rings (SSSR count). The van der Waals surface area contributed by atoms with Crippen LogP contribution < -0.4 is 14.9 Å². The van der Waals surface area contributed by atoms with Gasteiger partial charge in [-0.25, -0.2) is 0 Å². The summed E-state index contributed by atoms with van der Waals surface area (Å²) in [6, 6.07) is 24.1. The average molecular weight is 439 g/mol. The van der Waals surface area contributed by atoms with Crippen LogP contribution in [0.25, 0.3) is 10.9 Å². The lowest BCUT2D eigenvalue weighted by molar-refractivity contribution is 0.354. The van der Waals surface area contributed by atoms with E-state index in [2.05, 4.69) is 40.2 Å². The number of hydrogen-bond donors (Lipinski definition) is 1. The van der Waals surface area contributed by atoms with Crippen LogP contribution in [0.5, 0.6) is 11.5 Å². The first-order chi connectivity index (χ1) is 16.1. The van der Waals surface area contributed by atoms with E-state index < -0.39 is 0 Å². The molecular weight excluding hydrogens is 412 g/mol. The normalized spacial score (nSPS) is 11.0. The predicted octanol–water partition coefficient (Wildman–Crippen LogP) is 5.01. The van der Waals surface area contributed by atoms with E-state index in [-0.39, 0.29) is 0 Å². The molecule has 0 fully saturated rings. The third kappa shape index (κ3) is 4.68. The van der Waals surface area contributed by atoms with Crippen molar-refractivity contribution in [2.75, 3.05) is 14.2 Å². The highest BCUT2D eigenvalue weighted by Gasteiger charge is 2.13. The number of nitrogens with zero attached hydrogens (tertiary/aromatic N) is 3. The van der Waals surface area contributed by atoms with Gasteiger partial charge in [0.25, 0.3) is 0 Å². The Balaban J connectivity index is 1.56. The van der Waals surface area contributed by atoms with Gasteiger partial charge in [-0.15, -0.1) is 0 Å². The summed E-state index contributed by atoms with van der Waals surface area (Å²) in [4.78, 5) is 0. The number of fused-ring (bicyclic) bond motifs is 1. The largest absolute Gasteiger partial charge is 0.493 e. The Morgan fingerprint density at radius 2 is 1.79 bits per heavy atom. The molecule has 0 spiro atoms. The first kappa shape index (κ1) is 22.0. The standard InChI is InChI=1S/C27H26N4O2/c1-19-24(17-30-29-16-21-11-12-26(32-2)27(14-21)33-3)23-9-4-5-10-25(23)31(19)18-22-8-6-7-20(13-22)15-28/h4-14,17,29H,16,18H2,1-3H3/b30-17+. The summed E-state index contributed by atoms with van der Waals surface area (Å²) in [5.74, 6) is 1.40. The van der Waals surface area contributed by atoms with Crippen molar-refractivity contribution in [2.45, 2.75) is 20.0 Å². The fraction of sp³-hybridized carbons (Fsp3) is 0.185. The molecule has 0 atom stereocenters. The molecule has 0 aliphatic rings. The van der Waals surface area contributed by atoms with Gasteiger partial charge in [-0.3, -0.25) is 0 Å². The summed E-state index contributed by atoms with van der Waals surface area (Å²) in [5.41, 5.74) is 9.26. The lowest BCUT2D eigenvalue weighted by Gasteiger charge is -2.09. The molecule has 0 bridgehead atoms. The molecule has 6 nitrogen and oxygen atoms in total. The fourth-order valence-electron chi connectivity index (χ4n) is 3.98. The number of ether oxygens (including phenoxy) is 2. The van der Waals surface area contributed by atoms with Gasteiger partial charge in [0.15, 0.2) is 11.5 Å². The van der Waals surface area contributed by atoms with Crippen molar-refractivity contribution in [1.82, 2.24) is 9.99 Å². The van der Waals surface area contributed by atoms with E-state index in [4.69, 9.17) is 9.47 Å². The Labute approximate surface area is 193 Å². The molecule has 0 radical (unpaired) electrons. The first-order valence-electron chi connectivity index (χ1n) is 10.7. The van der Waals surface area contributed by atoms with E-state index >= 15 is 0 Å². The lowest BCUT2D eigenvalue weighted by atomic mass is 10.1. The Morgan fingerprint density at radius 3 is 2.58 bits per heavy atom. The molecule has 0 amide bonds. The van der Waals surface area contributed by atoms with Gasteiger partial charge in [0.1, 0.15) is 0 Å². The third-order valence-corrected chi connectivity index (χ3v) is 5.69. The van der Waals surface area contributed by atoms with Crippen LogP contribution in [-0.2, 0) is 13.1 Å². The quantitative estimate of drug-likeness (QED) is 0.310. The first-order valence-corrected chi connectivity index (χ1v) is 10.7. The monoisotopic (exact) mass is 438 g/mol. The number of nitrogens with one attached hydrogen (secondary N) is 1. The summed E-state index contributed by atoms with van der Waals surface area (Å²) in [6.07, 6.45) is 1.88. The number of methoxy groups -OCH3 is 2. The molecule has 0 saturated carbocycles. The highest BCUT2D eigenvalue weighted by molar-refractivity contribution is 6.01. The molecular formula is C27H26N4O2. The van der Waals surface area contributed by atoms with Crippen LogP contribution in [0.4, 0.5) is 0 Å². The maximum absolute atomic E-state index is 9.22. The van der Waals surface area contributed by atoms with Gasteiger partial charge in [0.05, 0.1) is 38.6 Å². The second kappa shape index (κ2) is 9.92. The lowest BCUT2D eigenvalue weighted by Crippen LogP contribution is -2.06. The summed E-state index contributed by atoms with van der Waals surface area (Å²) < 4.78 is 12.9. The van der Waals surface area contributed by atoms with Crippen molar-refractivity contribution in [3.63, 3.8) is 0 Å². The minimum Gasteiger partial charge on any atom is -0.493 e. The van der Waals surface area contributed by atoms with Crippen molar-refractivity contribution in [2.24, 2.45) is 5.10 Å². The van der Waals surface area contributed by atoms with Gasteiger partial charge < -0.3 is 19.5 Å². The van der Waals surface area contributed by atoms with Crippen molar-refractivity contribution >= 4 is 17.1 Å². The summed E-state index contributed by atoms with van der Waals surface area (Å²) in [6.45, 7) is 3.36. The molecule has 33 heavy (non-hydrogen) atoms. The molecule has 4 aromatic rings. The second-order valence-electron chi connectivity index (χ2n) is 7.70. The molecule has 0 aliphatic heterocycles. The van der Waals surface area contributed by atoms with Crippen LogP contribution in [0.3, 0.4) is 0 Å². The van der Waals surface area contributed by atoms with Crippen LogP contribution in [0.15, 0.2) is 71.8 Å². The maximum atomic E-state index is 9.22. The average Bonchev–Trinajstić information content (AvgIpc) is 3.12. The van der Waals surface area contributed by atoms with Gasteiger partial charge in [0.2, 0.25) is 0 Å². The van der Waals surface area contributed by atoms with E-state index in [1.165, 1.54) is 0 Å². The smallest absolute Gasteiger partial charge is 0.161 e. The van der Waals surface area contributed by atoms with Gasteiger partial charge in [0, 0.05) is 28.7 Å². The van der Waals surface area contributed by atoms with Gasteiger partial charge in [-0.1, -0.05) is 36.4 Å². The molecule has 6 heteroatoms. The van der Waals surface area contributed by atoms with Crippen LogP contribution in [-0.4, -0.2) is 25.0 Å². The highest BCUT2D eigenvalue weighted by atomic mass is 16.5. The minimum atomic E-state index is 0.565. The van der Waals surface area contributed by atoms with Crippen molar-refractivity contribution in [3.05, 3.63) is 94.7 Å². The van der Waals surface area contributed by atoms with Crippen LogP contribution in [0.2, 0.25) is 0 Å². The third-order valence-electron chi connectivity index (χ3n) is 5.69. The number of benzene rings is 3. The zero-order chi connectivity index (χ0) is 23.2. The van der Waals surface area contributed by atoms with E-state index in [1.807, 2.05) is 60.8 Å². The number of rotatable bonds is 8. The van der Waals surface area contributed by atoms with Crippen molar-refractivity contribution < 1.29 is 9.47 Å². The topological polar surface area (TPSA) is 71.6 Å². The molecule has 0 saturated heterocycles. The van der Waals surface area contributed by atoms with Crippen molar-refractivity contribution in [3.8, 4) is 17.6 Å². The van der Waals surface area contributed by atoms with Crippen LogP contribution >= 0.6 is 0 Å². The Kier molecular flexibility index (Phi) is 6.61. The van der Waals surface area contributed by atoms with Crippen molar-refractivity contribution in [1.29, 1.82) is 5.26 Å². The van der Waals surface area contributed by atoms with Crippen LogP contribution in [0.1, 0.15) is 27.9 Å². The molecule has 1 aromatic heterocycles. The molecule has 0 aliphatic carbocycles. The molecule has 1 heterocycles. The van der Waals surface area contributed by atoms with E-state index in [9.17, 15) is 5.26 Å². The van der Waals surface area contributed by atoms with Gasteiger partial charge in [-0.2, -0.15) is 10.4 Å². The SMILES string of the molecule is COc1ccc(CN/N=C/c2c(C)n(Cc3cccc(C#N)c3)c3ccccc23)cc1OC. The van der Waals surface area contributed by atoms with E-state index in [1.54, 1.807) is 14.2 Å². The predicted molar refractivity (Wildman–Crippen MR) is 131 cm³/mol. The van der Waals surface area contributed by atoms with Gasteiger partial charge >= 0.3 is 0 Å². The zero-order valence-electron chi connectivity index (χ0n) is 19.0. The molecule has 0 unspecified atom stereocenters. The van der Waals surface area contributed by atoms with Gasteiger partial charge in [-0.05, 0) is 48.4 Å². The number of hydrazone groups is 1. The molecule has 166 valence electrons. The number of aromatic nitrogens is 1. The molecule has 1 N–H and O–H groups in total. The van der Waals surface area contributed by atoms with Crippen LogP contribution in [0, 0.1) is 18.3 Å². The van der Waals surface area contributed by atoms with E-state index in [0.29, 0.717) is 30.2 Å². The Bertz CT molecular complexity index is 1350. The van der Waals surface area contributed by atoms with E-state index in [0.717, 1.165) is 33.3 Å². The maximum Gasteiger partial charge on any atom is 0.161 e. The number of para-hydroxylation sites is 1. The summed E-state index contributed by atoms with van der Waals surface area (Å²) >= 11 is 0. The molecule has 3 aromatic carbocycles. The zero-order valence-corrected chi connectivity index (χ0v) is 19.0. The number of nitriles is 1. The fourth-order valence-corrected chi connectivity index (χ4v) is 3.98. The Morgan fingerprint density at radius 1 is 0.970 bits per heavy atom. The number of hydrogen-bond acceptors (Lipinski definition) is 5.